The number of nitrogens with zero attached hydrogens (tertiary/aromatic N) is 1. The van der Waals surface area contributed by atoms with Crippen molar-refractivity contribution >= 4 is 17.9 Å². The van der Waals surface area contributed by atoms with Crippen molar-refractivity contribution in [2.24, 2.45) is 17.8 Å². The third kappa shape index (κ3) is 7.52. The fourth-order valence-electron chi connectivity index (χ4n) is 3.94. The number of nitrogens with one attached hydrogen (secondary N) is 1. The zero-order chi connectivity index (χ0) is 22.8. The maximum Gasteiger partial charge on any atom is 0.513 e. The summed E-state index contributed by atoms with van der Waals surface area (Å²) in [6.07, 6.45) is 7.67. The van der Waals surface area contributed by atoms with Crippen LogP contribution in [0.15, 0.2) is 36.4 Å². The van der Waals surface area contributed by atoms with E-state index in [1.807, 2.05) is 0 Å². The molecule has 1 aromatic carbocycles. The van der Waals surface area contributed by atoms with Gasteiger partial charge in [0.05, 0.1) is 24.7 Å². The Morgan fingerprint density at radius 1 is 1.00 bits per heavy atom. The predicted molar refractivity (Wildman–Crippen MR) is 113 cm³/mol. The van der Waals surface area contributed by atoms with Crippen LogP contribution in [-0.2, 0) is 14.2 Å². The van der Waals surface area contributed by atoms with Gasteiger partial charge in [-0.1, -0.05) is 12.2 Å². The summed E-state index contributed by atoms with van der Waals surface area (Å²) in [6, 6.07) is 5.05. The van der Waals surface area contributed by atoms with Crippen molar-refractivity contribution in [3.8, 4) is 5.75 Å². The number of rotatable bonds is 10. The first-order chi connectivity index (χ1) is 15.5. The average Bonchev–Trinajstić information content (AvgIpc) is 3.40. The highest BCUT2D eigenvalue weighted by atomic mass is 16.7. The van der Waals surface area contributed by atoms with Crippen molar-refractivity contribution in [2.75, 3.05) is 33.0 Å². The maximum absolute atomic E-state index is 11.8. The molecule has 2 aliphatic rings. The summed E-state index contributed by atoms with van der Waals surface area (Å²) in [7, 11) is 0. The number of non-ortho nitro benzene ring substituents is 1. The van der Waals surface area contributed by atoms with Gasteiger partial charge in [0.25, 0.3) is 5.69 Å². The number of alkyl carbamates (subject to hydrolysis) is 1. The molecule has 1 unspecified atom stereocenters. The van der Waals surface area contributed by atoms with Gasteiger partial charge in [0.2, 0.25) is 0 Å². The lowest BCUT2D eigenvalue weighted by Gasteiger charge is -2.08. The van der Waals surface area contributed by atoms with Gasteiger partial charge in [0.1, 0.15) is 12.4 Å². The van der Waals surface area contributed by atoms with Crippen LogP contribution in [0.4, 0.5) is 15.3 Å². The molecule has 1 saturated carbocycles. The summed E-state index contributed by atoms with van der Waals surface area (Å²) in [4.78, 5) is 33.4. The lowest BCUT2D eigenvalue weighted by Crippen LogP contribution is -2.29. The van der Waals surface area contributed by atoms with E-state index in [2.05, 4.69) is 17.5 Å². The van der Waals surface area contributed by atoms with E-state index in [0.717, 1.165) is 12.8 Å². The molecular formula is C22H28N2O8. The van der Waals surface area contributed by atoms with Gasteiger partial charge in [-0.25, -0.2) is 9.59 Å². The van der Waals surface area contributed by atoms with Crippen molar-refractivity contribution in [2.45, 2.75) is 25.7 Å². The number of hydrogen-bond acceptors (Lipinski definition) is 8. The molecule has 0 heterocycles. The summed E-state index contributed by atoms with van der Waals surface area (Å²) in [6.45, 7) is 1.09. The number of ether oxygens (including phenoxy) is 4. The van der Waals surface area contributed by atoms with Crippen LogP contribution >= 0.6 is 0 Å². The molecule has 0 saturated heterocycles. The highest BCUT2D eigenvalue weighted by Crippen LogP contribution is 2.52. The van der Waals surface area contributed by atoms with Gasteiger partial charge in [-0.3, -0.25) is 10.1 Å². The molecule has 10 nitrogen and oxygen atoms in total. The van der Waals surface area contributed by atoms with Gasteiger partial charge in [-0.05, 0) is 55.6 Å². The number of carbonyl (C=O) groups is 2. The van der Waals surface area contributed by atoms with E-state index in [1.165, 1.54) is 37.1 Å². The van der Waals surface area contributed by atoms with Crippen LogP contribution in [0.3, 0.4) is 0 Å². The van der Waals surface area contributed by atoms with Crippen LogP contribution in [0.2, 0.25) is 0 Å². The monoisotopic (exact) mass is 448 g/mol. The zero-order valence-corrected chi connectivity index (χ0v) is 17.8. The predicted octanol–water partition coefficient (Wildman–Crippen LogP) is 3.85. The summed E-state index contributed by atoms with van der Waals surface area (Å²) >= 11 is 0. The molecule has 3 rings (SSSR count). The quantitative estimate of drug-likeness (QED) is 0.143. The molecule has 3 atom stereocenters. The molecule has 32 heavy (non-hydrogen) atoms. The second-order valence-electron chi connectivity index (χ2n) is 7.71. The van der Waals surface area contributed by atoms with E-state index >= 15 is 0 Å². The molecule has 1 amide bonds. The Labute approximate surface area is 186 Å². The minimum atomic E-state index is -0.938. The molecule has 1 aromatic rings. The Balaban J connectivity index is 1.16. The SMILES string of the molecule is O=C(NCCOCCOC(=O)Oc1ccc([N+](=O)[O-])cc1)OCC1[C@H]2CC/C=C\CC[C@@H]12. The Bertz CT molecular complexity index is 795. The van der Waals surface area contributed by atoms with Crippen LogP contribution in [0.25, 0.3) is 0 Å². The van der Waals surface area contributed by atoms with Crippen LogP contribution in [-0.4, -0.2) is 50.1 Å². The van der Waals surface area contributed by atoms with Crippen molar-refractivity contribution in [1.82, 2.24) is 5.32 Å². The van der Waals surface area contributed by atoms with Crippen molar-refractivity contribution in [3.05, 3.63) is 46.5 Å². The molecule has 0 bridgehead atoms. The number of benzene rings is 1. The molecule has 174 valence electrons. The first-order valence-corrected chi connectivity index (χ1v) is 10.8. The highest BCUT2D eigenvalue weighted by Gasteiger charge is 2.49. The van der Waals surface area contributed by atoms with E-state index in [1.54, 1.807) is 0 Å². The minimum absolute atomic E-state index is 0.0322. The molecule has 0 aromatic heterocycles. The molecular weight excluding hydrogens is 420 g/mol. The molecule has 2 aliphatic carbocycles. The second kappa shape index (κ2) is 12.0. The molecule has 1 fully saturated rings. The van der Waals surface area contributed by atoms with Gasteiger partial charge in [0, 0.05) is 18.7 Å². The first-order valence-electron chi connectivity index (χ1n) is 10.8. The van der Waals surface area contributed by atoms with Gasteiger partial charge < -0.3 is 24.3 Å². The Kier molecular flexibility index (Phi) is 8.85. The summed E-state index contributed by atoms with van der Waals surface area (Å²) in [5.74, 6) is 1.99. The molecule has 1 N–H and O–H groups in total. The van der Waals surface area contributed by atoms with E-state index in [-0.39, 0.29) is 37.8 Å². The fourth-order valence-corrected chi connectivity index (χ4v) is 3.94. The fraction of sp³-hybridized carbons (Fsp3) is 0.545. The number of nitro benzene ring substituents is 1. The molecule has 10 heteroatoms. The summed E-state index contributed by atoms with van der Waals surface area (Å²) in [5, 5.41) is 13.2. The van der Waals surface area contributed by atoms with E-state index in [0.29, 0.717) is 24.4 Å². The zero-order valence-electron chi connectivity index (χ0n) is 17.8. The Morgan fingerprint density at radius 3 is 2.34 bits per heavy atom. The topological polar surface area (TPSA) is 126 Å². The van der Waals surface area contributed by atoms with Crippen molar-refractivity contribution in [3.63, 3.8) is 0 Å². The second-order valence-corrected chi connectivity index (χ2v) is 7.71. The molecule has 0 aliphatic heterocycles. The van der Waals surface area contributed by atoms with E-state index < -0.39 is 17.2 Å². The Hall–Kier alpha value is -3.14. The summed E-state index contributed by atoms with van der Waals surface area (Å²) in [5.41, 5.74) is -0.106. The van der Waals surface area contributed by atoms with E-state index in [4.69, 9.17) is 18.9 Å². The van der Waals surface area contributed by atoms with Gasteiger partial charge in [0.15, 0.2) is 0 Å². The van der Waals surface area contributed by atoms with Crippen LogP contribution in [0, 0.1) is 27.9 Å². The standard InChI is InChI=1S/C22H28N2O8/c25-21(31-15-20-18-5-3-1-2-4-6-19(18)20)23-11-12-29-13-14-30-22(26)32-17-9-7-16(8-10-17)24(27)28/h1-2,7-10,18-20H,3-6,11-15H2,(H,23,25)/b2-1-/t18-,19+,20?. The molecule has 0 radical (unpaired) electrons. The van der Waals surface area contributed by atoms with Crippen LogP contribution in [0.5, 0.6) is 5.75 Å². The normalized spacial score (nSPS) is 22.4. The van der Waals surface area contributed by atoms with Gasteiger partial charge in [-0.15, -0.1) is 0 Å². The van der Waals surface area contributed by atoms with Gasteiger partial charge in [-0.2, -0.15) is 0 Å². The summed E-state index contributed by atoms with van der Waals surface area (Å²) < 4.78 is 20.4. The number of carbonyl (C=O) groups excluding carboxylic acids is 2. The number of hydrogen-bond donors (Lipinski definition) is 1. The van der Waals surface area contributed by atoms with Crippen LogP contribution < -0.4 is 10.1 Å². The maximum atomic E-state index is 11.8. The van der Waals surface area contributed by atoms with E-state index in [9.17, 15) is 19.7 Å². The van der Waals surface area contributed by atoms with Crippen molar-refractivity contribution in [1.29, 1.82) is 0 Å². The van der Waals surface area contributed by atoms with Gasteiger partial charge >= 0.3 is 12.2 Å². The average molecular weight is 448 g/mol. The lowest BCUT2D eigenvalue weighted by molar-refractivity contribution is -0.384. The smallest absolute Gasteiger partial charge is 0.449 e. The molecule has 0 spiro atoms. The number of nitro groups is 1. The first kappa shape index (κ1) is 23.5. The minimum Gasteiger partial charge on any atom is -0.449 e. The lowest BCUT2D eigenvalue weighted by atomic mass is 10.1. The number of allylic oxidation sites excluding steroid dienone is 2. The highest BCUT2D eigenvalue weighted by molar-refractivity contribution is 5.67. The van der Waals surface area contributed by atoms with Crippen molar-refractivity contribution < 1.29 is 33.5 Å². The number of fused-ring (bicyclic) bond motifs is 1. The van der Waals surface area contributed by atoms with Crippen LogP contribution in [0.1, 0.15) is 25.7 Å². The third-order valence-corrected chi connectivity index (χ3v) is 5.63. The Morgan fingerprint density at radius 2 is 1.69 bits per heavy atom. The number of amides is 1. The largest absolute Gasteiger partial charge is 0.513 e. The third-order valence-electron chi connectivity index (χ3n) is 5.63.